The second kappa shape index (κ2) is 6.52. The second-order valence-corrected chi connectivity index (χ2v) is 6.37. The maximum atomic E-state index is 12.3. The van der Waals surface area contributed by atoms with Crippen molar-refractivity contribution in [3.05, 3.63) is 53.1 Å². The van der Waals surface area contributed by atoms with Crippen LogP contribution in [0.25, 0.3) is 10.9 Å². The molecule has 1 aliphatic rings. The molecule has 1 fully saturated rings. The molecule has 0 aliphatic carbocycles. The molecule has 7 heteroatoms. The summed E-state index contributed by atoms with van der Waals surface area (Å²) in [6.45, 7) is 2.79. The van der Waals surface area contributed by atoms with Gasteiger partial charge in [0.05, 0.1) is 17.4 Å². The van der Waals surface area contributed by atoms with Gasteiger partial charge in [0.25, 0.3) is 5.56 Å². The number of nitrogens with two attached hydrogens (primary N) is 1. The van der Waals surface area contributed by atoms with Crippen molar-refractivity contribution in [1.29, 1.82) is 0 Å². The summed E-state index contributed by atoms with van der Waals surface area (Å²) in [4.78, 5) is 21.0. The standard InChI is InChI=1S/C18H20N6O/c19-14-2-3-16(22-11-14)23-17-7-15-13(10-21-17)1-4-18(25)24(15)6-5-12-8-20-9-12/h1-4,7,10-12,20H,5-6,8-9,19H2,(H,21,22,23). The van der Waals surface area contributed by atoms with Gasteiger partial charge in [-0.05, 0) is 43.6 Å². The number of nitrogens with one attached hydrogen (secondary N) is 2. The number of aromatic nitrogens is 3. The Morgan fingerprint density at radius 3 is 2.72 bits per heavy atom. The van der Waals surface area contributed by atoms with Crippen LogP contribution in [0.15, 0.2) is 47.5 Å². The molecule has 0 spiro atoms. The minimum atomic E-state index is 0.0162. The van der Waals surface area contributed by atoms with Gasteiger partial charge in [-0.1, -0.05) is 0 Å². The first-order valence-electron chi connectivity index (χ1n) is 8.38. The van der Waals surface area contributed by atoms with E-state index in [-0.39, 0.29) is 5.56 Å². The number of fused-ring (bicyclic) bond motifs is 1. The zero-order chi connectivity index (χ0) is 17.2. The molecule has 0 amide bonds. The first-order chi connectivity index (χ1) is 12.2. The van der Waals surface area contributed by atoms with Crippen LogP contribution < -0.4 is 21.9 Å². The molecule has 4 rings (SSSR count). The van der Waals surface area contributed by atoms with E-state index in [1.165, 1.54) is 0 Å². The molecule has 128 valence electrons. The van der Waals surface area contributed by atoms with Crippen molar-refractivity contribution < 1.29 is 0 Å². The van der Waals surface area contributed by atoms with Crippen LogP contribution in [-0.2, 0) is 6.54 Å². The van der Waals surface area contributed by atoms with Crippen LogP contribution in [0, 0.1) is 5.92 Å². The minimum Gasteiger partial charge on any atom is -0.397 e. The van der Waals surface area contributed by atoms with Gasteiger partial charge in [-0.25, -0.2) is 9.97 Å². The predicted octanol–water partition coefficient (Wildman–Crippen LogP) is 1.73. The van der Waals surface area contributed by atoms with Crippen LogP contribution >= 0.6 is 0 Å². The third-order valence-corrected chi connectivity index (χ3v) is 4.54. The lowest BCUT2D eigenvalue weighted by Crippen LogP contribution is -2.42. The van der Waals surface area contributed by atoms with E-state index in [0.717, 1.165) is 30.4 Å². The van der Waals surface area contributed by atoms with Crippen LogP contribution in [0.3, 0.4) is 0 Å². The van der Waals surface area contributed by atoms with Crippen LogP contribution in [0.5, 0.6) is 0 Å². The SMILES string of the molecule is Nc1ccc(Nc2cc3c(ccc(=O)n3CCC3CNC3)cn2)nc1. The molecule has 1 aliphatic heterocycles. The zero-order valence-electron chi connectivity index (χ0n) is 13.8. The Hall–Kier alpha value is -2.93. The fraction of sp³-hybridized carbons (Fsp3) is 0.278. The van der Waals surface area contributed by atoms with E-state index in [9.17, 15) is 4.79 Å². The monoisotopic (exact) mass is 336 g/mol. The van der Waals surface area contributed by atoms with Gasteiger partial charge in [0.2, 0.25) is 0 Å². The summed E-state index contributed by atoms with van der Waals surface area (Å²) in [5.74, 6) is 1.96. The molecule has 25 heavy (non-hydrogen) atoms. The summed E-state index contributed by atoms with van der Waals surface area (Å²) in [5, 5.41) is 7.37. The first-order valence-corrected chi connectivity index (χ1v) is 8.38. The lowest BCUT2D eigenvalue weighted by Gasteiger charge is -2.27. The van der Waals surface area contributed by atoms with Crippen molar-refractivity contribution in [1.82, 2.24) is 19.9 Å². The Labute approximate surface area is 144 Å². The van der Waals surface area contributed by atoms with Gasteiger partial charge in [-0.15, -0.1) is 0 Å². The van der Waals surface area contributed by atoms with Crippen LogP contribution in [0.1, 0.15) is 6.42 Å². The van der Waals surface area contributed by atoms with E-state index in [1.54, 1.807) is 30.6 Å². The molecule has 0 unspecified atom stereocenters. The van der Waals surface area contributed by atoms with E-state index < -0.39 is 0 Å². The number of anilines is 3. The highest BCUT2D eigenvalue weighted by molar-refractivity contribution is 5.81. The minimum absolute atomic E-state index is 0.0162. The summed E-state index contributed by atoms with van der Waals surface area (Å²) < 4.78 is 1.83. The normalized spacial score (nSPS) is 14.4. The Morgan fingerprint density at radius 1 is 1.16 bits per heavy atom. The Morgan fingerprint density at radius 2 is 2.00 bits per heavy atom. The predicted molar refractivity (Wildman–Crippen MR) is 98.9 cm³/mol. The highest BCUT2D eigenvalue weighted by atomic mass is 16.1. The van der Waals surface area contributed by atoms with Crippen LogP contribution in [-0.4, -0.2) is 27.6 Å². The molecule has 4 N–H and O–H groups in total. The summed E-state index contributed by atoms with van der Waals surface area (Å²) in [6, 6.07) is 8.89. The zero-order valence-corrected chi connectivity index (χ0v) is 13.8. The number of nitrogen functional groups attached to an aromatic ring is 1. The highest BCUT2D eigenvalue weighted by Crippen LogP contribution is 2.19. The van der Waals surface area contributed by atoms with Crippen molar-refractivity contribution in [3.63, 3.8) is 0 Å². The van der Waals surface area contributed by atoms with E-state index in [0.29, 0.717) is 29.8 Å². The molecular formula is C18H20N6O. The summed E-state index contributed by atoms with van der Waals surface area (Å²) in [6.07, 6.45) is 4.36. The van der Waals surface area contributed by atoms with Gasteiger partial charge in [0, 0.05) is 30.3 Å². The Balaban J connectivity index is 1.65. The molecule has 3 aromatic rings. The Bertz CT molecular complexity index is 946. The molecule has 7 nitrogen and oxygen atoms in total. The van der Waals surface area contributed by atoms with E-state index in [2.05, 4.69) is 20.6 Å². The molecule has 0 atom stereocenters. The molecule has 0 radical (unpaired) electrons. The number of nitrogens with zero attached hydrogens (tertiary/aromatic N) is 3. The number of rotatable bonds is 5. The first kappa shape index (κ1) is 15.6. The van der Waals surface area contributed by atoms with E-state index >= 15 is 0 Å². The van der Waals surface area contributed by atoms with Gasteiger partial charge >= 0.3 is 0 Å². The largest absolute Gasteiger partial charge is 0.397 e. The van der Waals surface area contributed by atoms with Crippen molar-refractivity contribution >= 4 is 28.2 Å². The molecular weight excluding hydrogens is 316 g/mol. The van der Waals surface area contributed by atoms with Gasteiger partial charge in [0.15, 0.2) is 0 Å². The lowest BCUT2D eigenvalue weighted by molar-refractivity contribution is 0.312. The maximum absolute atomic E-state index is 12.3. The fourth-order valence-corrected chi connectivity index (χ4v) is 2.96. The molecule has 0 saturated carbocycles. The van der Waals surface area contributed by atoms with E-state index in [4.69, 9.17) is 5.73 Å². The number of hydrogen-bond acceptors (Lipinski definition) is 6. The van der Waals surface area contributed by atoms with Gasteiger partial charge in [-0.3, -0.25) is 4.79 Å². The van der Waals surface area contributed by atoms with Gasteiger partial charge in [0.1, 0.15) is 11.6 Å². The van der Waals surface area contributed by atoms with Crippen molar-refractivity contribution in [2.45, 2.75) is 13.0 Å². The van der Waals surface area contributed by atoms with Crippen molar-refractivity contribution in [2.24, 2.45) is 5.92 Å². The maximum Gasteiger partial charge on any atom is 0.251 e. The Kier molecular flexibility index (Phi) is 4.07. The molecule has 0 aromatic carbocycles. The smallest absolute Gasteiger partial charge is 0.251 e. The quantitative estimate of drug-likeness (QED) is 0.656. The van der Waals surface area contributed by atoms with E-state index in [1.807, 2.05) is 16.7 Å². The van der Waals surface area contributed by atoms with Crippen LogP contribution in [0.4, 0.5) is 17.3 Å². The lowest BCUT2D eigenvalue weighted by atomic mass is 9.99. The summed E-state index contributed by atoms with van der Waals surface area (Å²) in [7, 11) is 0. The topological polar surface area (TPSA) is 97.9 Å². The number of aryl methyl sites for hydroxylation is 1. The van der Waals surface area contributed by atoms with Crippen molar-refractivity contribution in [3.8, 4) is 0 Å². The summed E-state index contributed by atoms with van der Waals surface area (Å²) >= 11 is 0. The molecule has 1 saturated heterocycles. The number of hydrogen-bond donors (Lipinski definition) is 3. The third kappa shape index (κ3) is 3.32. The van der Waals surface area contributed by atoms with Gasteiger partial charge in [-0.2, -0.15) is 0 Å². The molecule has 4 heterocycles. The summed E-state index contributed by atoms with van der Waals surface area (Å²) in [5.41, 5.74) is 7.16. The molecule has 3 aromatic heterocycles. The number of pyridine rings is 3. The third-order valence-electron chi connectivity index (χ3n) is 4.54. The molecule has 0 bridgehead atoms. The average molecular weight is 336 g/mol. The highest BCUT2D eigenvalue weighted by Gasteiger charge is 2.17. The second-order valence-electron chi connectivity index (χ2n) is 6.37. The van der Waals surface area contributed by atoms with Gasteiger partial charge < -0.3 is 20.9 Å². The van der Waals surface area contributed by atoms with Crippen molar-refractivity contribution in [2.75, 3.05) is 24.1 Å². The fourth-order valence-electron chi connectivity index (χ4n) is 2.96. The average Bonchev–Trinajstić information content (AvgIpc) is 2.57. The van der Waals surface area contributed by atoms with Crippen LogP contribution in [0.2, 0.25) is 0 Å².